The first-order valence-corrected chi connectivity index (χ1v) is 10.8. The van der Waals surface area contributed by atoms with Crippen molar-refractivity contribution >= 4 is 28.5 Å². The van der Waals surface area contributed by atoms with Crippen LogP contribution in [0.5, 0.6) is 17.2 Å². The van der Waals surface area contributed by atoms with E-state index in [1.807, 2.05) is 12.1 Å². The van der Waals surface area contributed by atoms with Crippen molar-refractivity contribution in [1.82, 2.24) is 5.32 Å². The molecule has 0 fully saturated rings. The number of methoxy groups -OCH3 is 2. The van der Waals surface area contributed by atoms with Crippen molar-refractivity contribution in [2.45, 2.75) is 6.54 Å². The summed E-state index contributed by atoms with van der Waals surface area (Å²) >= 11 is 5.86. The second-order valence-corrected chi connectivity index (χ2v) is 7.83. The number of amides is 1. The second kappa shape index (κ2) is 10.3. The largest absolute Gasteiger partial charge is 0.493 e. The van der Waals surface area contributed by atoms with Crippen molar-refractivity contribution in [2.75, 3.05) is 20.8 Å². The minimum atomic E-state index is -0.277. The molecule has 1 amide bonds. The Hall–Kier alpha value is -3.97. The van der Waals surface area contributed by atoms with Crippen LogP contribution in [0.15, 0.2) is 76.1 Å². The number of halogens is 1. The van der Waals surface area contributed by atoms with Gasteiger partial charge in [0.05, 0.1) is 25.2 Å². The van der Waals surface area contributed by atoms with E-state index in [9.17, 15) is 9.59 Å². The first kappa shape index (κ1) is 23.2. The standard InChI is InChI=1S/C26H22ClNO6/c1-31-22-10-5-17(11-24(22)32-2)21-14-34-23-12-19(8-9-20(23)26(21)30)33-15-25(29)28-13-16-3-6-18(27)7-4-16/h3-12,14H,13,15H2,1-2H3,(H,28,29). The zero-order chi connectivity index (χ0) is 24.1. The molecular formula is C26H22ClNO6. The molecule has 0 atom stereocenters. The molecule has 3 aromatic carbocycles. The molecule has 0 bridgehead atoms. The van der Waals surface area contributed by atoms with Crippen molar-refractivity contribution < 1.29 is 23.4 Å². The Morgan fingerprint density at radius 2 is 1.74 bits per heavy atom. The van der Waals surface area contributed by atoms with Gasteiger partial charge in [0, 0.05) is 17.6 Å². The van der Waals surface area contributed by atoms with E-state index in [1.54, 1.807) is 55.6 Å². The minimum absolute atomic E-state index is 0.174. The van der Waals surface area contributed by atoms with Gasteiger partial charge in [0.1, 0.15) is 17.6 Å². The van der Waals surface area contributed by atoms with Crippen LogP contribution in [0.2, 0.25) is 5.02 Å². The first-order chi connectivity index (χ1) is 16.5. The molecule has 8 heteroatoms. The lowest BCUT2D eigenvalue weighted by molar-refractivity contribution is -0.123. The number of carbonyl (C=O) groups excluding carboxylic acids is 1. The van der Waals surface area contributed by atoms with Crippen molar-refractivity contribution in [3.63, 3.8) is 0 Å². The molecule has 0 radical (unpaired) electrons. The average Bonchev–Trinajstić information content (AvgIpc) is 2.87. The van der Waals surface area contributed by atoms with Gasteiger partial charge in [-0.25, -0.2) is 0 Å². The number of carbonyl (C=O) groups is 1. The predicted octanol–water partition coefficient (Wildman–Crippen LogP) is 4.83. The first-order valence-electron chi connectivity index (χ1n) is 10.4. The summed E-state index contributed by atoms with van der Waals surface area (Å²) in [5.41, 5.74) is 2.12. The number of benzene rings is 3. The van der Waals surface area contributed by atoms with Gasteiger partial charge < -0.3 is 23.9 Å². The van der Waals surface area contributed by atoms with Crippen LogP contribution in [0.1, 0.15) is 5.56 Å². The lowest BCUT2D eigenvalue weighted by Gasteiger charge is -2.10. The SMILES string of the molecule is COc1ccc(-c2coc3cc(OCC(=O)NCc4ccc(Cl)cc4)ccc3c2=O)cc1OC. The topological polar surface area (TPSA) is 87.0 Å². The monoisotopic (exact) mass is 479 g/mol. The zero-order valence-corrected chi connectivity index (χ0v) is 19.3. The maximum absolute atomic E-state index is 13.1. The van der Waals surface area contributed by atoms with E-state index in [4.69, 9.17) is 30.2 Å². The van der Waals surface area contributed by atoms with Gasteiger partial charge in [0.15, 0.2) is 23.5 Å². The molecule has 0 saturated heterocycles. The summed E-state index contributed by atoms with van der Waals surface area (Å²) in [6.07, 6.45) is 1.40. The Morgan fingerprint density at radius 3 is 2.47 bits per heavy atom. The fourth-order valence-electron chi connectivity index (χ4n) is 3.40. The fourth-order valence-corrected chi connectivity index (χ4v) is 3.53. The smallest absolute Gasteiger partial charge is 0.258 e. The molecule has 174 valence electrons. The highest BCUT2D eigenvalue weighted by Gasteiger charge is 2.13. The van der Waals surface area contributed by atoms with E-state index >= 15 is 0 Å². The molecule has 4 rings (SSSR count). The highest BCUT2D eigenvalue weighted by atomic mass is 35.5. The van der Waals surface area contributed by atoms with Crippen LogP contribution in [0.3, 0.4) is 0 Å². The van der Waals surface area contributed by atoms with Crippen LogP contribution < -0.4 is 25.0 Å². The van der Waals surface area contributed by atoms with Gasteiger partial charge >= 0.3 is 0 Å². The lowest BCUT2D eigenvalue weighted by Crippen LogP contribution is -2.28. The molecule has 0 saturated carbocycles. The third-order valence-electron chi connectivity index (χ3n) is 5.21. The third-order valence-corrected chi connectivity index (χ3v) is 5.47. The highest BCUT2D eigenvalue weighted by Crippen LogP contribution is 2.32. The van der Waals surface area contributed by atoms with Crippen molar-refractivity contribution in [3.05, 3.63) is 87.7 Å². The van der Waals surface area contributed by atoms with Gasteiger partial charge in [-0.2, -0.15) is 0 Å². The van der Waals surface area contributed by atoms with Crippen LogP contribution in [-0.2, 0) is 11.3 Å². The Bertz CT molecular complexity index is 1380. The van der Waals surface area contributed by atoms with E-state index in [1.165, 1.54) is 13.4 Å². The normalized spacial score (nSPS) is 10.7. The Morgan fingerprint density at radius 1 is 0.971 bits per heavy atom. The van der Waals surface area contributed by atoms with E-state index < -0.39 is 0 Å². The van der Waals surface area contributed by atoms with Gasteiger partial charge in [0.2, 0.25) is 0 Å². The zero-order valence-electron chi connectivity index (χ0n) is 18.6. The van der Waals surface area contributed by atoms with Gasteiger partial charge in [0.25, 0.3) is 5.91 Å². The quantitative estimate of drug-likeness (QED) is 0.389. The summed E-state index contributed by atoms with van der Waals surface area (Å²) in [4.78, 5) is 25.2. The summed E-state index contributed by atoms with van der Waals surface area (Å²) < 4.78 is 21.8. The van der Waals surface area contributed by atoms with Gasteiger partial charge in [-0.15, -0.1) is 0 Å². The molecule has 0 aliphatic rings. The van der Waals surface area contributed by atoms with E-state index in [0.29, 0.717) is 50.9 Å². The molecular weight excluding hydrogens is 458 g/mol. The number of ether oxygens (including phenoxy) is 3. The molecule has 0 aliphatic heterocycles. The van der Waals surface area contributed by atoms with E-state index in [-0.39, 0.29) is 17.9 Å². The number of hydrogen-bond acceptors (Lipinski definition) is 6. The maximum atomic E-state index is 13.1. The summed E-state index contributed by atoms with van der Waals surface area (Å²) in [6.45, 7) is 0.192. The number of nitrogens with one attached hydrogen (secondary N) is 1. The number of fused-ring (bicyclic) bond motifs is 1. The van der Waals surface area contributed by atoms with Gasteiger partial charge in [-0.1, -0.05) is 29.8 Å². The lowest BCUT2D eigenvalue weighted by atomic mass is 10.0. The molecule has 0 unspecified atom stereocenters. The molecule has 4 aromatic rings. The summed E-state index contributed by atoms with van der Waals surface area (Å²) in [7, 11) is 3.08. The van der Waals surface area contributed by atoms with Crippen molar-refractivity contribution in [1.29, 1.82) is 0 Å². The molecule has 0 aliphatic carbocycles. The van der Waals surface area contributed by atoms with Gasteiger partial charge in [-0.3, -0.25) is 9.59 Å². The van der Waals surface area contributed by atoms with Crippen LogP contribution in [-0.4, -0.2) is 26.7 Å². The highest BCUT2D eigenvalue weighted by molar-refractivity contribution is 6.30. The van der Waals surface area contributed by atoms with Crippen LogP contribution in [0.25, 0.3) is 22.1 Å². The Labute approximate surface area is 200 Å². The summed E-state index contributed by atoms with van der Waals surface area (Å²) in [6, 6.07) is 17.2. The van der Waals surface area contributed by atoms with Crippen molar-refractivity contribution in [3.8, 4) is 28.4 Å². The van der Waals surface area contributed by atoms with E-state index in [2.05, 4.69) is 5.32 Å². The molecule has 1 N–H and O–H groups in total. The number of rotatable bonds is 8. The average molecular weight is 480 g/mol. The maximum Gasteiger partial charge on any atom is 0.258 e. The van der Waals surface area contributed by atoms with Gasteiger partial charge in [-0.05, 0) is 47.5 Å². The predicted molar refractivity (Wildman–Crippen MR) is 130 cm³/mol. The van der Waals surface area contributed by atoms with Crippen molar-refractivity contribution in [2.24, 2.45) is 0 Å². The fraction of sp³-hybridized carbons (Fsp3) is 0.154. The second-order valence-electron chi connectivity index (χ2n) is 7.40. The van der Waals surface area contributed by atoms with E-state index in [0.717, 1.165) is 5.56 Å². The van der Waals surface area contributed by atoms with Crippen LogP contribution in [0.4, 0.5) is 0 Å². The minimum Gasteiger partial charge on any atom is -0.493 e. The molecule has 1 aromatic heterocycles. The number of hydrogen-bond donors (Lipinski definition) is 1. The summed E-state index contributed by atoms with van der Waals surface area (Å²) in [5.74, 6) is 1.21. The van der Waals surface area contributed by atoms with Crippen LogP contribution >= 0.6 is 11.6 Å². The summed E-state index contributed by atoms with van der Waals surface area (Å²) in [5, 5.41) is 3.81. The Balaban J connectivity index is 1.45. The molecule has 1 heterocycles. The molecule has 0 spiro atoms. The van der Waals surface area contributed by atoms with Crippen LogP contribution in [0, 0.1) is 0 Å². The molecule has 34 heavy (non-hydrogen) atoms. The third kappa shape index (κ3) is 5.15. The Kier molecular flexibility index (Phi) is 7.04. The molecule has 7 nitrogen and oxygen atoms in total.